The molecule has 2 aromatic rings. The monoisotopic (exact) mass is 378 g/mol. The summed E-state index contributed by atoms with van der Waals surface area (Å²) < 4.78 is 27.8. The second kappa shape index (κ2) is 6.65. The Kier molecular flexibility index (Phi) is 4.55. The van der Waals surface area contributed by atoms with Gasteiger partial charge in [0.1, 0.15) is 4.90 Å². The predicted octanol–water partition coefficient (Wildman–Crippen LogP) is 0.590. The fourth-order valence-corrected chi connectivity index (χ4v) is 4.16. The molecule has 1 aliphatic rings. The lowest BCUT2D eigenvalue weighted by atomic mass is 10.2. The molecule has 1 aromatic carbocycles. The topological polar surface area (TPSA) is 108 Å². The van der Waals surface area contributed by atoms with E-state index in [1.165, 1.54) is 22.3 Å². The standard InChI is InChI=1S/C15H14N4O4S2/c1-19(9-13(20)16-17-15(21)11-6-4-8-24-11)14-10-5-2-3-7-12(10)25(22,23)18-14/h2-8H,9H2,1H3,(H,16,20)(H,17,21). The highest BCUT2D eigenvalue weighted by Gasteiger charge is 2.30. The molecule has 0 saturated heterocycles. The Labute approximate surface area is 148 Å². The summed E-state index contributed by atoms with van der Waals surface area (Å²) in [5.74, 6) is -0.732. The number of thiophene rings is 1. The third-order valence-electron chi connectivity index (χ3n) is 3.42. The number of sulfonamides is 1. The van der Waals surface area contributed by atoms with Crippen LogP contribution in [-0.2, 0) is 14.8 Å². The maximum atomic E-state index is 12.0. The minimum Gasteiger partial charge on any atom is -0.349 e. The fraction of sp³-hybridized carbons (Fsp3) is 0.133. The van der Waals surface area contributed by atoms with E-state index in [0.717, 1.165) is 0 Å². The minimum absolute atomic E-state index is 0.114. The number of amides is 2. The molecule has 8 nitrogen and oxygen atoms in total. The van der Waals surface area contributed by atoms with Gasteiger partial charge in [-0.3, -0.25) is 20.4 Å². The number of benzene rings is 1. The number of carbonyl (C=O) groups is 2. The van der Waals surface area contributed by atoms with Crippen molar-refractivity contribution < 1.29 is 18.0 Å². The van der Waals surface area contributed by atoms with Crippen molar-refractivity contribution in [3.63, 3.8) is 0 Å². The van der Waals surface area contributed by atoms with Gasteiger partial charge in [0.05, 0.1) is 11.4 Å². The highest BCUT2D eigenvalue weighted by molar-refractivity contribution is 7.90. The Morgan fingerprint density at radius 3 is 2.64 bits per heavy atom. The molecule has 0 radical (unpaired) electrons. The van der Waals surface area contributed by atoms with Crippen LogP contribution in [-0.4, -0.2) is 44.6 Å². The first-order valence-corrected chi connectivity index (χ1v) is 9.48. The van der Waals surface area contributed by atoms with Crippen molar-refractivity contribution in [1.29, 1.82) is 0 Å². The summed E-state index contributed by atoms with van der Waals surface area (Å²) in [6.07, 6.45) is 0. The normalized spacial score (nSPS) is 14.4. The van der Waals surface area contributed by atoms with E-state index in [4.69, 9.17) is 0 Å². The van der Waals surface area contributed by atoms with E-state index < -0.39 is 21.8 Å². The van der Waals surface area contributed by atoms with Crippen LogP contribution in [0.2, 0.25) is 0 Å². The number of carbonyl (C=O) groups excluding carboxylic acids is 2. The van der Waals surface area contributed by atoms with E-state index in [0.29, 0.717) is 10.4 Å². The van der Waals surface area contributed by atoms with Gasteiger partial charge in [-0.2, -0.15) is 8.42 Å². The highest BCUT2D eigenvalue weighted by atomic mass is 32.2. The van der Waals surface area contributed by atoms with E-state index in [1.54, 1.807) is 42.8 Å². The van der Waals surface area contributed by atoms with Crippen molar-refractivity contribution in [2.75, 3.05) is 13.6 Å². The summed E-state index contributed by atoms with van der Waals surface area (Å²) in [5.41, 5.74) is 5.04. The van der Waals surface area contributed by atoms with Crippen LogP contribution in [0.1, 0.15) is 15.2 Å². The zero-order valence-corrected chi connectivity index (χ0v) is 14.7. The second-order valence-corrected chi connectivity index (χ2v) is 7.74. The summed E-state index contributed by atoms with van der Waals surface area (Å²) in [4.78, 5) is 25.8. The molecule has 0 unspecified atom stereocenters. The SMILES string of the molecule is CN(CC(=O)NNC(=O)c1cccs1)C1=NS(=O)(=O)c2ccccc21. The van der Waals surface area contributed by atoms with Gasteiger partial charge in [-0.1, -0.05) is 18.2 Å². The average molecular weight is 378 g/mol. The molecule has 25 heavy (non-hydrogen) atoms. The fourth-order valence-electron chi connectivity index (χ4n) is 2.29. The van der Waals surface area contributed by atoms with Crippen molar-refractivity contribution in [3.05, 3.63) is 52.2 Å². The summed E-state index contributed by atoms with van der Waals surface area (Å²) in [5, 5.41) is 1.75. The summed E-state index contributed by atoms with van der Waals surface area (Å²) in [6.45, 7) is -0.173. The first kappa shape index (κ1) is 17.1. The maximum Gasteiger partial charge on any atom is 0.285 e. The molecule has 1 aromatic heterocycles. The molecule has 2 heterocycles. The summed E-state index contributed by atoms with van der Waals surface area (Å²) in [7, 11) is -2.19. The lowest BCUT2D eigenvalue weighted by molar-refractivity contribution is -0.122. The molecule has 2 amide bonds. The number of fused-ring (bicyclic) bond motifs is 1. The van der Waals surface area contributed by atoms with Gasteiger partial charge >= 0.3 is 0 Å². The van der Waals surface area contributed by atoms with Gasteiger partial charge in [0, 0.05) is 12.6 Å². The van der Waals surface area contributed by atoms with Crippen LogP contribution in [0.15, 0.2) is 51.1 Å². The quantitative estimate of drug-likeness (QED) is 0.760. The number of hydrogen-bond acceptors (Lipinski definition) is 6. The van der Waals surface area contributed by atoms with Gasteiger partial charge in [0.15, 0.2) is 5.84 Å². The largest absolute Gasteiger partial charge is 0.349 e. The lowest BCUT2D eigenvalue weighted by Crippen LogP contribution is -2.46. The number of hydrogen-bond donors (Lipinski definition) is 2. The molecular formula is C15H14N4O4S2. The van der Waals surface area contributed by atoms with Gasteiger partial charge < -0.3 is 4.90 Å². The molecule has 10 heteroatoms. The van der Waals surface area contributed by atoms with Crippen molar-refractivity contribution in [3.8, 4) is 0 Å². The van der Waals surface area contributed by atoms with Gasteiger partial charge in [-0.05, 0) is 23.6 Å². The summed E-state index contributed by atoms with van der Waals surface area (Å²) >= 11 is 1.25. The molecule has 0 atom stereocenters. The van der Waals surface area contributed by atoms with Crippen LogP contribution in [0, 0.1) is 0 Å². The van der Waals surface area contributed by atoms with Crippen molar-refractivity contribution >= 4 is 39.0 Å². The number of hydrazine groups is 1. The smallest absolute Gasteiger partial charge is 0.285 e. The number of nitrogens with zero attached hydrogens (tertiary/aromatic N) is 2. The Bertz CT molecular complexity index is 952. The van der Waals surface area contributed by atoms with E-state index >= 15 is 0 Å². The van der Waals surface area contributed by atoms with Crippen LogP contribution in [0.4, 0.5) is 0 Å². The molecule has 0 spiro atoms. The van der Waals surface area contributed by atoms with Gasteiger partial charge in [-0.25, -0.2) is 0 Å². The first-order valence-electron chi connectivity index (χ1n) is 7.17. The second-order valence-electron chi connectivity index (χ2n) is 5.22. The molecular weight excluding hydrogens is 364 g/mol. The van der Waals surface area contributed by atoms with Crippen molar-refractivity contribution in [2.45, 2.75) is 4.90 Å². The van der Waals surface area contributed by atoms with Crippen LogP contribution < -0.4 is 10.9 Å². The number of amidine groups is 1. The molecule has 2 N–H and O–H groups in total. The molecule has 0 bridgehead atoms. The highest BCUT2D eigenvalue weighted by Crippen LogP contribution is 2.26. The maximum absolute atomic E-state index is 12.0. The molecule has 1 aliphatic heterocycles. The Balaban J connectivity index is 1.64. The Hall–Kier alpha value is -2.72. The Morgan fingerprint density at radius 1 is 1.16 bits per heavy atom. The van der Waals surface area contributed by atoms with E-state index in [1.807, 2.05) is 0 Å². The van der Waals surface area contributed by atoms with Crippen LogP contribution in [0.5, 0.6) is 0 Å². The number of likely N-dealkylation sites (N-methyl/N-ethyl adjacent to an activating group) is 1. The van der Waals surface area contributed by atoms with Crippen LogP contribution >= 0.6 is 11.3 Å². The van der Waals surface area contributed by atoms with Gasteiger partial charge in [-0.15, -0.1) is 15.7 Å². The first-order chi connectivity index (χ1) is 11.9. The lowest BCUT2D eigenvalue weighted by Gasteiger charge is -2.18. The third-order valence-corrected chi connectivity index (χ3v) is 5.61. The minimum atomic E-state index is -3.74. The van der Waals surface area contributed by atoms with E-state index in [2.05, 4.69) is 15.2 Å². The number of rotatable bonds is 3. The summed E-state index contributed by atoms with van der Waals surface area (Å²) in [6, 6.07) is 9.77. The van der Waals surface area contributed by atoms with Crippen molar-refractivity contribution in [2.24, 2.45) is 4.40 Å². The van der Waals surface area contributed by atoms with Crippen LogP contribution in [0.25, 0.3) is 0 Å². The van der Waals surface area contributed by atoms with Crippen molar-refractivity contribution in [1.82, 2.24) is 15.8 Å². The molecule has 130 valence electrons. The van der Waals surface area contributed by atoms with E-state index in [-0.39, 0.29) is 17.3 Å². The van der Waals surface area contributed by atoms with Gasteiger partial charge in [0.2, 0.25) is 0 Å². The molecule has 0 fully saturated rings. The average Bonchev–Trinajstić information content (AvgIpc) is 3.20. The Morgan fingerprint density at radius 2 is 1.92 bits per heavy atom. The third kappa shape index (κ3) is 3.54. The number of nitrogens with one attached hydrogen (secondary N) is 2. The van der Waals surface area contributed by atoms with Crippen LogP contribution in [0.3, 0.4) is 0 Å². The molecule has 0 saturated carbocycles. The molecule has 3 rings (SSSR count). The zero-order chi connectivity index (χ0) is 18.0. The zero-order valence-electron chi connectivity index (χ0n) is 13.1. The van der Waals surface area contributed by atoms with E-state index in [9.17, 15) is 18.0 Å². The van der Waals surface area contributed by atoms with Gasteiger partial charge in [0.25, 0.3) is 21.8 Å². The predicted molar refractivity (Wildman–Crippen MR) is 92.7 cm³/mol. The molecule has 0 aliphatic carbocycles.